The number of nitrogens with one attached hydrogen (secondary N) is 1. The van der Waals surface area contributed by atoms with Crippen LogP contribution in [0.1, 0.15) is 36.0 Å². The van der Waals surface area contributed by atoms with E-state index >= 15 is 0 Å². The molecule has 2 aliphatic rings. The van der Waals surface area contributed by atoms with Gasteiger partial charge in [0.25, 0.3) is 5.91 Å². The van der Waals surface area contributed by atoms with Gasteiger partial charge in [0.15, 0.2) is 0 Å². The lowest BCUT2D eigenvalue weighted by atomic mass is 10.1. The van der Waals surface area contributed by atoms with Crippen LogP contribution in [0.3, 0.4) is 0 Å². The Balaban J connectivity index is 1.76. The number of aromatic nitrogens is 1. The summed E-state index contributed by atoms with van der Waals surface area (Å²) in [5, 5.41) is 12.5. The largest absolute Gasteiger partial charge is 0.481 e. The summed E-state index contributed by atoms with van der Waals surface area (Å²) < 4.78 is 0. The summed E-state index contributed by atoms with van der Waals surface area (Å²) in [6, 6.07) is 3.85. The van der Waals surface area contributed by atoms with Gasteiger partial charge in [-0.3, -0.25) is 14.5 Å². The molecule has 2 heterocycles. The van der Waals surface area contributed by atoms with E-state index in [4.69, 9.17) is 0 Å². The molecule has 0 spiro atoms. The summed E-state index contributed by atoms with van der Waals surface area (Å²) in [5.74, 6) is -0.868. The summed E-state index contributed by atoms with van der Waals surface area (Å²) in [5.41, 5.74) is 0.540. The van der Waals surface area contributed by atoms with Crippen LogP contribution in [0.25, 0.3) is 0 Å². The minimum Gasteiger partial charge on any atom is -0.481 e. The van der Waals surface area contributed by atoms with Crippen molar-refractivity contribution >= 4 is 17.7 Å². The summed E-state index contributed by atoms with van der Waals surface area (Å²) in [4.78, 5) is 32.7. The first-order valence-electron chi connectivity index (χ1n) is 8.98. The Labute approximate surface area is 148 Å². The van der Waals surface area contributed by atoms with Gasteiger partial charge in [-0.25, -0.2) is 4.98 Å². The number of pyridine rings is 1. The maximum atomic E-state index is 12.9. The Morgan fingerprint density at radius 1 is 1.24 bits per heavy atom. The van der Waals surface area contributed by atoms with Gasteiger partial charge in [-0.05, 0) is 25.0 Å². The number of carbonyl (C=O) groups excluding carboxylic acids is 1. The predicted molar refractivity (Wildman–Crippen MR) is 94.6 cm³/mol. The molecule has 1 aliphatic heterocycles. The van der Waals surface area contributed by atoms with Crippen molar-refractivity contribution in [3.05, 3.63) is 23.9 Å². The van der Waals surface area contributed by atoms with E-state index in [-0.39, 0.29) is 12.5 Å². The summed E-state index contributed by atoms with van der Waals surface area (Å²) >= 11 is 0. The molecule has 0 unspecified atom stereocenters. The molecule has 1 aromatic heterocycles. The van der Waals surface area contributed by atoms with E-state index in [9.17, 15) is 14.7 Å². The molecule has 1 aromatic rings. The van der Waals surface area contributed by atoms with Gasteiger partial charge in [-0.15, -0.1) is 0 Å². The highest BCUT2D eigenvalue weighted by atomic mass is 16.4. The van der Waals surface area contributed by atoms with Gasteiger partial charge in [0, 0.05) is 51.0 Å². The van der Waals surface area contributed by atoms with Crippen molar-refractivity contribution in [3.8, 4) is 0 Å². The molecule has 7 heteroatoms. The van der Waals surface area contributed by atoms with Gasteiger partial charge in [0.05, 0.1) is 5.92 Å². The lowest BCUT2D eigenvalue weighted by molar-refractivity contribution is -0.142. The zero-order valence-corrected chi connectivity index (χ0v) is 14.6. The lowest BCUT2D eigenvalue weighted by Gasteiger charge is -2.28. The molecule has 1 amide bonds. The first-order chi connectivity index (χ1) is 12.1. The second kappa shape index (κ2) is 7.82. The number of anilines is 1. The van der Waals surface area contributed by atoms with E-state index in [0.717, 1.165) is 19.4 Å². The molecule has 1 atom stereocenters. The normalized spacial score (nSPS) is 22.6. The monoisotopic (exact) mass is 346 g/mol. The number of carboxylic acids is 1. The highest BCUT2D eigenvalue weighted by molar-refractivity contribution is 5.95. The molecule has 1 saturated heterocycles. The van der Waals surface area contributed by atoms with Crippen LogP contribution in [-0.4, -0.2) is 71.0 Å². The van der Waals surface area contributed by atoms with Crippen molar-refractivity contribution in [2.75, 3.05) is 38.5 Å². The first-order valence-corrected chi connectivity index (χ1v) is 8.98. The lowest BCUT2D eigenvalue weighted by Crippen LogP contribution is -2.39. The van der Waals surface area contributed by atoms with Crippen LogP contribution < -0.4 is 5.32 Å². The van der Waals surface area contributed by atoms with E-state index < -0.39 is 11.9 Å². The second-order valence-electron chi connectivity index (χ2n) is 6.90. The van der Waals surface area contributed by atoms with Crippen LogP contribution in [0.5, 0.6) is 0 Å². The smallest absolute Gasteiger partial charge is 0.309 e. The van der Waals surface area contributed by atoms with E-state index in [2.05, 4.69) is 15.2 Å². The maximum absolute atomic E-state index is 12.9. The molecule has 0 radical (unpaired) electrons. The molecule has 2 fully saturated rings. The van der Waals surface area contributed by atoms with Gasteiger partial charge in [-0.2, -0.15) is 0 Å². The molecule has 0 aromatic carbocycles. The predicted octanol–water partition coefficient (Wildman–Crippen LogP) is 1.52. The van der Waals surface area contributed by atoms with E-state index in [0.29, 0.717) is 30.5 Å². The van der Waals surface area contributed by atoms with Crippen molar-refractivity contribution in [2.24, 2.45) is 5.92 Å². The van der Waals surface area contributed by atoms with Crippen molar-refractivity contribution in [2.45, 2.75) is 31.7 Å². The minimum absolute atomic E-state index is 0.126. The van der Waals surface area contributed by atoms with Crippen molar-refractivity contribution in [3.63, 3.8) is 0 Å². The fraction of sp³-hybridized carbons (Fsp3) is 0.611. The Bertz CT molecular complexity index is 631. The van der Waals surface area contributed by atoms with E-state index in [1.807, 2.05) is 0 Å². The number of aliphatic carboxylic acids is 1. The highest BCUT2D eigenvalue weighted by Gasteiger charge is 2.33. The zero-order chi connectivity index (χ0) is 17.8. The molecular formula is C18H26N4O3. The van der Waals surface area contributed by atoms with Gasteiger partial charge in [0.2, 0.25) is 0 Å². The third kappa shape index (κ3) is 4.10. The van der Waals surface area contributed by atoms with Crippen LogP contribution in [0.2, 0.25) is 0 Å². The Morgan fingerprint density at radius 3 is 2.68 bits per heavy atom. The highest BCUT2D eigenvalue weighted by Crippen LogP contribution is 2.26. The third-order valence-electron chi connectivity index (χ3n) is 5.29. The molecule has 25 heavy (non-hydrogen) atoms. The number of amides is 1. The molecule has 1 aliphatic carbocycles. The second-order valence-corrected chi connectivity index (χ2v) is 6.90. The SMILES string of the molecule is CNc1cc(C(=O)N2CCN(C3CCCC3)C[C@@H](C(=O)O)C2)ccn1. The number of carbonyl (C=O) groups is 2. The molecule has 2 N–H and O–H groups in total. The number of carboxylic acid groups (broad SMARTS) is 1. The molecule has 0 bridgehead atoms. The van der Waals surface area contributed by atoms with E-state index in [1.165, 1.54) is 12.8 Å². The summed E-state index contributed by atoms with van der Waals surface area (Å²) in [6.07, 6.45) is 6.29. The minimum atomic E-state index is -0.826. The number of rotatable bonds is 4. The fourth-order valence-corrected chi connectivity index (χ4v) is 3.86. The van der Waals surface area contributed by atoms with Crippen LogP contribution >= 0.6 is 0 Å². The van der Waals surface area contributed by atoms with Gasteiger partial charge in [0.1, 0.15) is 5.82 Å². The van der Waals surface area contributed by atoms with Gasteiger partial charge < -0.3 is 15.3 Å². The number of hydrogen-bond donors (Lipinski definition) is 2. The molecule has 3 rings (SSSR count). The quantitative estimate of drug-likeness (QED) is 0.860. The Kier molecular flexibility index (Phi) is 5.53. The fourth-order valence-electron chi connectivity index (χ4n) is 3.86. The average Bonchev–Trinajstić information content (AvgIpc) is 3.07. The first kappa shape index (κ1) is 17.7. The maximum Gasteiger partial charge on any atom is 0.309 e. The molecule has 136 valence electrons. The van der Waals surface area contributed by atoms with Crippen LogP contribution in [0, 0.1) is 5.92 Å². The third-order valence-corrected chi connectivity index (χ3v) is 5.29. The molecule has 7 nitrogen and oxygen atoms in total. The van der Waals surface area contributed by atoms with Crippen molar-refractivity contribution < 1.29 is 14.7 Å². The number of hydrogen-bond acceptors (Lipinski definition) is 5. The zero-order valence-electron chi connectivity index (χ0n) is 14.6. The topological polar surface area (TPSA) is 85.8 Å². The van der Waals surface area contributed by atoms with E-state index in [1.54, 1.807) is 30.3 Å². The summed E-state index contributed by atoms with van der Waals surface area (Å²) in [7, 11) is 1.75. The molecular weight excluding hydrogens is 320 g/mol. The average molecular weight is 346 g/mol. The van der Waals surface area contributed by atoms with Crippen molar-refractivity contribution in [1.82, 2.24) is 14.8 Å². The van der Waals surface area contributed by atoms with Crippen molar-refractivity contribution in [1.29, 1.82) is 0 Å². The molecule has 1 saturated carbocycles. The van der Waals surface area contributed by atoms with Crippen LogP contribution in [0.4, 0.5) is 5.82 Å². The van der Waals surface area contributed by atoms with Gasteiger partial charge >= 0.3 is 5.97 Å². The number of nitrogens with zero attached hydrogens (tertiary/aromatic N) is 3. The standard InChI is InChI=1S/C18H26N4O3/c1-19-16-10-13(6-7-20-16)17(23)22-9-8-21(15-4-2-3-5-15)11-14(12-22)18(24)25/h6-7,10,14-15H,2-5,8-9,11-12H2,1H3,(H,19,20)(H,24,25)/t14-/m1/s1. The van der Waals surface area contributed by atoms with Gasteiger partial charge in [-0.1, -0.05) is 12.8 Å². The van der Waals surface area contributed by atoms with Crippen LogP contribution in [-0.2, 0) is 4.79 Å². The van der Waals surface area contributed by atoms with Crippen LogP contribution in [0.15, 0.2) is 18.3 Å². The summed E-state index contributed by atoms with van der Waals surface area (Å²) in [6.45, 7) is 2.09. The Morgan fingerprint density at radius 2 is 2.00 bits per heavy atom. The Hall–Kier alpha value is -2.15.